The second-order valence-electron chi connectivity index (χ2n) is 10.1. The molecule has 2 aliphatic rings. The smallest absolute Gasteiger partial charge is 0.00667 e. The molecular formula is C27H56N2. The average Bonchev–Trinajstić information content (AvgIpc) is 2.76. The van der Waals surface area contributed by atoms with Gasteiger partial charge >= 0.3 is 0 Å². The van der Waals surface area contributed by atoms with E-state index >= 15 is 0 Å². The molecule has 2 nitrogen and oxygen atoms in total. The first-order valence-electron chi connectivity index (χ1n) is 13.6. The van der Waals surface area contributed by atoms with Gasteiger partial charge in [0.2, 0.25) is 0 Å². The summed E-state index contributed by atoms with van der Waals surface area (Å²) in [5.74, 6) is 2.00. The Morgan fingerprint density at radius 2 is 0.931 bits per heavy atom. The molecule has 0 amide bonds. The maximum absolute atomic E-state index is 3.48. The summed E-state index contributed by atoms with van der Waals surface area (Å²) in [6, 6.07) is 1.61. The predicted octanol–water partition coefficient (Wildman–Crippen LogP) is 7.86. The highest BCUT2D eigenvalue weighted by Crippen LogP contribution is 2.35. The van der Waals surface area contributed by atoms with Crippen LogP contribution in [0.15, 0.2) is 0 Å². The van der Waals surface area contributed by atoms with Gasteiger partial charge < -0.3 is 10.6 Å². The van der Waals surface area contributed by atoms with Crippen molar-refractivity contribution >= 4 is 0 Å². The Labute approximate surface area is 184 Å². The van der Waals surface area contributed by atoms with Gasteiger partial charge in [0, 0.05) is 12.1 Å². The highest BCUT2D eigenvalue weighted by Gasteiger charge is 2.26. The Morgan fingerprint density at radius 3 is 1.28 bits per heavy atom. The third-order valence-electron chi connectivity index (χ3n) is 7.51. The molecule has 2 fully saturated rings. The monoisotopic (exact) mass is 408 g/mol. The quantitative estimate of drug-likeness (QED) is 0.303. The fourth-order valence-electron chi connectivity index (χ4n) is 5.57. The second-order valence-corrected chi connectivity index (χ2v) is 10.1. The van der Waals surface area contributed by atoms with Crippen LogP contribution in [0.5, 0.6) is 0 Å². The zero-order valence-corrected chi connectivity index (χ0v) is 20.7. The number of hydrogen-bond donors (Lipinski definition) is 2. The van der Waals surface area contributed by atoms with E-state index < -0.39 is 0 Å². The zero-order chi connectivity index (χ0) is 21.2. The van der Waals surface area contributed by atoms with Crippen LogP contribution in [0.25, 0.3) is 0 Å². The molecule has 4 unspecified atom stereocenters. The lowest BCUT2D eigenvalue weighted by Gasteiger charge is -2.35. The van der Waals surface area contributed by atoms with E-state index in [-0.39, 0.29) is 0 Å². The van der Waals surface area contributed by atoms with Crippen molar-refractivity contribution in [3.05, 3.63) is 0 Å². The van der Waals surface area contributed by atoms with Crippen molar-refractivity contribution in [2.45, 2.75) is 148 Å². The lowest BCUT2D eigenvalue weighted by molar-refractivity contribution is 0.204. The van der Waals surface area contributed by atoms with Crippen molar-refractivity contribution < 1.29 is 0 Å². The molecule has 0 saturated heterocycles. The molecule has 0 aliphatic heterocycles. The van der Waals surface area contributed by atoms with Gasteiger partial charge in [-0.25, -0.2) is 0 Å². The molecular weight excluding hydrogens is 352 g/mol. The van der Waals surface area contributed by atoms with Crippen molar-refractivity contribution in [1.82, 2.24) is 10.6 Å². The Balaban J connectivity index is 0.000000311. The third-order valence-corrected chi connectivity index (χ3v) is 7.51. The Morgan fingerprint density at radius 1 is 0.552 bits per heavy atom. The van der Waals surface area contributed by atoms with Gasteiger partial charge in [-0.15, -0.1) is 0 Å². The first kappa shape index (κ1) is 27.0. The van der Waals surface area contributed by atoms with E-state index in [1.807, 2.05) is 0 Å². The second kappa shape index (κ2) is 18.7. The van der Waals surface area contributed by atoms with Crippen LogP contribution < -0.4 is 10.6 Å². The lowest BCUT2D eigenvalue weighted by atomic mass is 9.75. The molecule has 0 spiro atoms. The van der Waals surface area contributed by atoms with E-state index in [1.165, 1.54) is 122 Å². The molecule has 29 heavy (non-hydrogen) atoms. The van der Waals surface area contributed by atoms with E-state index in [2.05, 4.69) is 38.6 Å². The molecule has 0 aromatic carbocycles. The molecule has 2 heteroatoms. The van der Waals surface area contributed by atoms with Crippen molar-refractivity contribution in [2.24, 2.45) is 11.8 Å². The lowest BCUT2D eigenvalue weighted by Crippen LogP contribution is -2.34. The number of rotatable bonds is 13. The molecule has 0 aromatic rings. The summed E-state index contributed by atoms with van der Waals surface area (Å²) in [6.07, 6.45) is 27.4. The highest BCUT2D eigenvalue weighted by molar-refractivity contribution is 4.82. The van der Waals surface area contributed by atoms with Crippen LogP contribution in [0, 0.1) is 11.8 Å². The van der Waals surface area contributed by atoms with Gasteiger partial charge in [-0.3, -0.25) is 0 Å². The van der Waals surface area contributed by atoms with Crippen LogP contribution in [0.3, 0.4) is 0 Å². The molecule has 2 rings (SSSR count). The van der Waals surface area contributed by atoms with Crippen LogP contribution in [0.4, 0.5) is 0 Å². The maximum atomic E-state index is 3.48. The highest BCUT2D eigenvalue weighted by atomic mass is 14.9. The largest absolute Gasteiger partial charge is 0.317 e. The van der Waals surface area contributed by atoms with Crippen molar-refractivity contribution in [2.75, 3.05) is 14.1 Å². The summed E-state index contributed by atoms with van der Waals surface area (Å²) in [6.45, 7) is 4.56. The Hall–Kier alpha value is -0.0800. The minimum atomic E-state index is 0.803. The molecule has 4 atom stereocenters. The summed E-state index contributed by atoms with van der Waals surface area (Å²) in [5, 5.41) is 6.96. The Kier molecular flexibility index (Phi) is 17.4. The van der Waals surface area contributed by atoms with E-state index in [4.69, 9.17) is 0 Å². The molecule has 2 N–H and O–H groups in total. The molecule has 174 valence electrons. The van der Waals surface area contributed by atoms with Crippen molar-refractivity contribution in [3.8, 4) is 0 Å². The van der Waals surface area contributed by atoms with E-state index in [9.17, 15) is 0 Å². The fraction of sp³-hybridized carbons (Fsp3) is 1.00. The number of hydrogen-bond acceptors (Lipinski definition) is 2. The minimum absolute atomic E-state index is 0.803. The SMILES string of the molecule is CCCCCCCCCCCC.CNC1CCCC(CC2CCCC(NC)C2)C1. The van der Waals surface area contributed by atoms with Gasteiger partial charge in [-0.05, 0) is 58.0 Å². The first-order valence-corrected chi connectivity index (χ1v) is 13.6. The number of nitrogens with one attached hydrogen (secondary N) is 2. The van der Waals surface area contributed by atoms with Crippen molar-refractivity contribution in [1.29, 1.82) is 0 Å². The fourth-order valence-corrected chi connectivity index (χ4v) is 5.57. The summed E-state index contributed by atoms with van der Waals surface area (Å²) in [7, 11) is 4.26. The van der Waals surface area contributed by atoms with Gasteiger partial charge in [0.1, 0.15) is 0 Å². The van der Waals surface area contributed by atoms with Crippen LogP contribution in [-0.2, 0) is 0 Å². The summed E-state index contributed by atoms with van der Waals surface area (Å²) in [4.78, 5) is 0. The molecule has 0 bridgehead atoms. The van der Waals surface area contributed by atoms with E-state index in [1.54, 1.807) is 0 Å². The summed E-state index contributed by atoms with van der Waals surface area (Å²) >= 11 is 0. The molecule has 2 aliphatic carbocycles. The average molecular weight is 409 g/mol. The minimum Gasteiger partial charge on any atom is -0.317 e. The van der Waals surface area contributed by atoms with Gasteiger partial charge in [0.15, 0.2) is 0 Å². The first-order chi connectivity index (χ1) is 14.2. The van der Waals surface area contributed by atoms with Gasteiger partial charge in [0.05, 0.1) is 0 Å². The maximum Gasteiger partial charge on any atom is 0.00667 e. The summed E-state index contributed by atoms with van der Waals surface area (Å²) in [5.41, 5.74) is 0. The van der Waals surface area contributed by atoms with Crippen LogP contribution >= 0.6 is 0 Å². The predicted molar refractivity (Wildman–Crippen MR) is 132 cm³/mol. The normalized spacial score (nSPS) is 27.3. The van der Waals surface area contributed by atoms with Crippen LogP contribution in [0.2, 0.25) is 0 Å². The van der Waals surface area contributed by atoms with Gasteiger partial charge in [-0.1, -0.05) is 104 Å². The molecule has 2 saturated carbocycles. The van der Waals surface area contributed by atoms with Crippen molar-refractivity contribution in [3.63, 3.8) is 0 Å². The van der Waals surface area contributed by atoms with Gasteiger partial charge in [0.25, 0.3) is 0 Å². The zero-order valence-electron chi connectivity index (χ0n) is 20.7. The molecule has 0 radical (unpaired) electrons. The van der Waals surface area contributed by atoms with Gasteiger partial charge in [-0.2, -0.15) is 0 Å². The molecule has 0 aromatic heterocycles. The third kappa shape index (κ3) is 13.8. The topological polar surface area (TPSA) is 24.1 Å². The standard InChI is InChI=1S/C15H30N2.C12H26/c1-16-14-7-3-5-12(10-14)9-13-6-4-8-15(11-13)17-2;1-3-5-7-9-11-12-10-8-6-4-2/h12-17H,3-11H2,1-2H3;3-12H2,1-2H3. The number of unbranched alkanes of at least 4 members (excludes halogenated alkanes) is 9. The van der Waals surface area contributed by atoms with Crippen LogP contribution in [-0.4, -0.2) is 26.2 Å². The van der Waals surface area contributed by atoms with E-state index in [0.29, 0.717) is 0 Å². The summed E-state index contributed by atoms with van der Waals surface area (Å²) < 4.78 is 0. The van der Waals surface area contributed by atoms with E-state index in [0.717, 1.165) is 23.9 Å². The Bertz CT molecular complexity index is 311. The van der Waals surface area contributed by atoms with Crippen LogP contribution in [0.1, 0.15) is 136 Å². The molecule has 0 heterocycles.